The number of nitrogens with one attached hydrogen (secondary N) is 2. The van der Waals surface area contributed by atoms with Crippen LogP contribution in [-0.4, -0.2) is 21.8 Å². The topological polar surface area (TPSA) is 110 Å². The molecule has 4 N–H and O–H groups in total. The number of aromatic nitrogens is 2. The highest BCUT2D eigenvalue weighted by Gasteiger charge is 2.11. The van der Waals surface area contributed by atoms with Crippen molar-refractivity contribution in [1.82, 2.24) is 15.3 Å². The van der Waals surface area contributed by atoms with Crippen LogP contribution in [0.1, 0.15) is 42.3 Å². The molecule has 0 radical (unpaired) electrons. The molecule has 0 bridgehead atoms. The summed E-state index contributed by atoms with van der Waals surface area (Å²) >= 11 is 6.34. The zero-order valence-corrected chi connectivity index (χ0v) is 18.8. The molecular formula is C24H26ClN5O2. The predicted octanol–water partition coefficient (Wildman–Crippen LogP) is 3.88. The Hall–Kier alpha value is -3.45. The van der Waals surface area contributed by atoms with E-state index in [0.717, 1.165) is 22.4 Å². The molecular weight excluding hydrogens is 426 g/mol. The lowest BCUT2D eigenvalue weighted by atomic mass is 9.99. The van der Waals surface area contributed by atoms with E-state index in [1.165, 1.54) is 6.92 Å². The van der Waals surface area contributed by atoms with Gasteiger partial charge in [0, 0.05) is 12.6 Å². The van der Waals surface area contributed by atoms with Crippen molar-refractivity contribution < 1.29 is 9.59 Å². The van der Waals surface area contributed by atoms with Crippen LogP contribution in [0, 0.1) is 0 Å². The Bertz CT molecular complexity index is 1120. The first-order valence-electron chi connectivity index (χ1n) is 10.3. The first-order chi connectivity index (χ1) is 15.3. The number of halogens is 1. The zero-order chi connectivity index (χ0) is 23.1. The van der Waals surface area contributed by atoms with Gasteiger partial charge in [-0.05, 0) is 48.6 Å². The number of carbonyl (C=O) groups excluding carboxylic acids is 2. The summed E-state index contributed by atoms with van der Waals surface area (Å²) in [5, 5.41) is 6.55. The number of nitrogens with zero attached hydrogens (tertiary/aromatic N) is 2. The van der Waals surface area contributed by atoms with Crippen LogP contribution in [0.5, 0.6) is 0 Å². The van der Waals surface area contributed by atoms with Crippen molar-refractivity contribution in [3.63, 3.8) is 0 Å². The summed E-state index contributed by atoms with van der Waals surface area (Å²) in [6.45, 7) is 3.42. The molecule has 0 aliphatic rings. The highest BCUT2D eigenvalue weighted by Crippen LogP contribution is 2.22. The third-order valence-electron chi connectivity index (χ3n) is 4.99. The van der Waals surface area contributed by atoms with Crippen LogP contribution in [-0.2, 0) is 28.9 Å². The fraction of sp³-hybridized carbons (Fsp3) is 0.250. The Morgan fingerprint density at radius 2 is 1.84 bits per heavy atom. The summed E-state index contributed by atoms with van der Waals surface area (Å²) in [7, 11) is 0. The molecule has 166 valence electrons. The lowest BCUT2D eigenvalue weighted by Gasteiger charge is -2.15. The molecule has 1 heterocycles. The molecule has 0 aliphatic carbocycles. The number of carbonyl (C=O) groups is 2. The van der Waals surface area contributed by atoms with Gasteiger partial charge in [-0.3, -0.25) is 9.59 Å². The molecule has 8 heteroatoms. The Labute approximate surface area is 192 Å². The third-order valence-corrected chi connectivity index (χ3v) is 5.31. The average molecular weight is 452 g/mol. The maximum atomic E-state index is 11.3. The van der Waals surface area contributed by atoms with E-state index in [0.29, 0.717) is 29.5 Å². The van der Waals surface area contributed by atoms with Crippen LogP contribution in [0.15, 0.2) is 54.7 Å². The van der Waals surface area contributed by atoms with Gasteiger partial charge >= 0.3 is 0 Å². The molecule has 1 unspecified atom stereocenters. The van der Waals surface area contributed by atoms with Gasteiger partial charge in [-0.15, -0.1) is 0 Å². The maximum Gasteiger partial charge on any atom is 0.227 e. The molecule has 7 nitrogen and oxygen atoms in total. The van der Waals surface area contributed by atoms with Crippen molar-refractivity contribution in [2.45, 2.75) is 39.2 Å². The molecule has 0 fully saturated rings. The zero-order valence-electron chi connectivity index (χ0n) is 18.1. The summed E-state index contributed by atoms with van der Waals surface area (Å²) in [5.41, 5.74) is 9.79. The summed E-state index contributed by atoms with van der Waals surface area (Å²) in [5.74, 6) is -0.0165. The Morgan fingerprint density at radius 1 is 1.09 bits per heavy atom. The number of nitrogens with two attached hydrogens (primary N) is 1. The Morgan fingerprint density at radius 3 is 2.56 bits per heavy atom. The van der Waals surface area contributed by atoms with Crippen LogP contribution >= 0.6 is 11.6 Å². The summed E-state index contributed by atoms with van der Waals surface area (Å²) in [4.78, 5) is 31.5. The van der Waals surface area contributed by atoms with Crippen LogP contribution in [0.3, 0.4) is 0 Å². The van der Waals surface area contributed by atoms with Gasteiger partial charge in [0.05, 0.1) is 29.4 Å². The molecule has 2 aromatic carbocycles. The number of primary amides is 1. The first-order valence-corrected chi connectivity index (χ1v) is 10.7. The van der Waals surface area contributed by atoms with Gasteiger partial charge in [-0.2, -0.15) is 0 Å². The third kappa shape index (κ3) is 6.52. The van der Waals surface area contributed by atoms with E-state index >= 15 is 0 Å². The molecule has 3 aromatic rings. The monoisotopic (exact) mass is 451 g/mol. The summed E-state index contributed by atoms with van der Waals surface area (Å²) in [6.07, 6.45) is 3.04. The van der Waals surface area contributed by atoms with Crippen molar-refractivity contribution >= 4 is 35.1 Å². The quantitative estimate of drug-likeness (QED) is 0.457. The van der Waals surface area contributed by atoms with Gasteiger partial charge in [0.15, 0.2) is 0 Å². The van der Waals surface area contributed by atoms with E-state index in [1.807, 2.05) is 55.5 Å². The van der Waals surface area contributed by atoms with E-state index < -0.39 is 0 Å². The van der Waals surface area contributed by atoms with Crippen molar-refractivity contribution in [3.8, 4) is 0 Å². The number of amides is 2. The van der Waals surface area contributed by atoms with Crippen molar-refractivity contribution in [2.24, 2.45) is 5.73 Å². The second-order valence-corrected chi connectivity index (χ2v) is 7.98. The first kappa shape index (κ1) is 23.2. The molecule has 2 amide bonds. The molecule has 1 atom stereocenters. The lowest BCUT2D eigenvalue weighted by Crippen LogP contribution is -2.23. The lowest BCUT2D eigenvalue weighted by molar-refractivity contribution is -0.119. The molecule has 32 heavy (non-hydrogen) atoms. The minimum absolute atomic E-state index is 0.0843. The SMILES string of the molecule is CC(=O)NC(C)c1cccc(Nc2ncc(Cl)c(CCc3ccccc3CC(N)=O)n2)c1. The normalized spacial score (nSPS) is 11.6. The number of hydrogen-bond donors (Lipinski definition) is 3. The standard InChI is InChI=1S/C24H26ClN5O2/c1-15(28-16(2)31)18-8-5-9-20(12-18)29-24-27-14-21(25)22(30-24)11-10-17-6-3-4-7-19(17)13-23(26)32/h3-9,12,14-15H,10-11,13H2,1-2H3,(H2,26,32)(H,28,31)(H,27,29,30). The minimum atomic E-state index is -0.362. The largest absolute Gasteiger partial charge is 0.369 e. The average Bonchev–Trinajstić information content (AvgIpc) is 2.74. The fourth-order valence-corrected chi connectivity index (χ4v) is 3.64. The smallest absolute Gasteiger partial charge is 0.227 e. The number of hydrogen-bond acceptors (Lipinski definition) is 5. The molecule has 3 rings (SSSR count). The minimum Gasteiger partial charge on any atom is -0.369 e. The molecule has 0 saturated carbocycles. The van der Waals surface area contributed by atoms with Crippen LogP contribution in [0.4, 0.5) is 11.6 Å². The molecule has 1 aromatic heterocycles. The van der Waals surface area contributed by atoms with Gasteiger partial charge in [0.25, 0.3) is 0 Å². The van der Waals surface area contributed by atoms with Gasteiger partial charge in [-0.25, -0.2) is 9.97 Å². The second-order valence-electron chi connectivity index (χ2n) is 7.57. The van der Waals surface area contributed by atoms with Gasteiger partial charge in [0.2, 0.25) is 17.8 Å². The Kier molecular flexibility index (Phi) is 7.78. The van der Waals surface area contributed by atoms with E-state index in [1.54, 1.807) is 6.20 Å². The molecule has 0 aliphatic heterocycles. The maximum absolute atomic E-state index is 11.3. The van der Waals surface area contributed by atoms with Crippen molar-refractivity contribution in [3.05, 3.63) is 82.1 Å². The number of aryl methyl sites for hydroxylation is 2. The number of benzene rings is 2. The summed E-state index contributed by atoms with van der Waals surface area (Å²) < 4.78 is 0. The van der Waals surface area contributed by atoms with Crippen molar-refractivity contribution in [2.75, 3.05) is 5.32 Å². The fourth-order valence-electron chi connectivity index (χ4n) is 3.46. The Balaban J connectivity index is 1.73. The van der Waals surface area contributed by atoms with E-state index in [9.17, 15) is 9.59 Å². The second kappa shape index (κ2) is 10.7. The molecule has 0 saturated heterocycles. The summed E-state index contributed by atoms with van der Waals surface area (Å²) in [6, 6.07) is 15.3. The number of rotatable bonds is 9. The van der Waals surface area contributed by atoms with Crippen LogP contribution in [0.25, 0.3) is 0 Å². The van der Waals surface area contributed by atoms with E-state index in [-0.39, 0.29) is 24.3 Å². The van der Waals surface area contributed by atoms with E-state index in [2.05, 4.69) is 20.6 Å². The predicted molar refractivity (Wildman–Crippen MR) is 126 cm³/mol. The van der Waals surface area contributed by atoms with Crippen molar-refractivity contribution in [1.29, 1.82) is 0 Å². The van der Waals surface area contributed by atoms with Gasteiger partial charge in [0.1, 0.15) is 0 Å². The van der Waals surface area contributed by atoms with Gasteiger partial charge < -0.3 is 16.4 Å². The molecule has 0 spiro atoms. The highest BCUT2D eigenvalue weighted by molar-refractivity contribution is 6.31. The van der Waals surface area contributed by atoms with E-state index in [4.69, 9.17) is 17.3 Å². The van der Waals surface area contributed by atoms with Gasteiger partial charge in [-0.1, -0.05) is 48.0 Å². The highest BCUT2D eigenvalue weighted by atomic mass is 35.5. The van der Waals surface area contributed by atoms with Crippen LogP contribution in [0.2, 0.25) is 5.02 Å². The van der Waals surface area contributed by atoms with Crippen LogP contribution < -0.4 is 16.4 Å². The number of anilines is 2.